The summed E-state index contributed by atoms with van der Waals surface area (Å²) >= 11 is 2.58. The Morgan fingerprint density at radius 2 is 1.90 bits per heavy atom. The van der Waals surface area contributed by atoms with Gasteiger partial charge in [0.1, 0.15) is 0 Å². The monoisotopic (exact) mass is 252 g/mol. The molecular formula is C9H17I. The number of hydrogen-bond donors (Lipinski definition) is 0. The zero-order valence-electron chi connectivity index (χ0n) is 6.94. The first kappa shape index (κ1) is 8.82. The molecule has 60 valence electrons. The number of halogens is 1. The Labute approximate surface area is 77.9 Å². The summed E-state index contributed by atoms with van der Waals surface area (Å²) in [5.41, 5.74) is 0. The van der Waals surface area contributed by atoms with Crippen LogP contribution in [0, 0.1) is 11.8 Å². The van der Waals surface area contributed by atoms with E-state index in [1.807, 2.05) is 0 Å². The lowest BCUT2D eigenvalue weighted by atomic mass is 9.79. The number of rotatable bonds is 1. The average molecular weight is 252 g/mol. The quantitative estimate of drug-likeness (QED) is 0.493. The third-order valence-corrected chi connectivity index (χ3v) is 3.69. The van der Waals surface area contributed by atoms with Crippen molar-refractivity contribution >= 4 is 22.6 Å². The molecule has 1 aliphatic carbocycles. The minimum Gasteiger partial charge on any atom is -0.0826 e. The van der Waals surface area contributed by atoms with Crippen LogP contribution in [0.2, 0.25) is 0 Å². The zero-order valence-corrected chi connectivity index (χ0v) is 9.10. The van der Waals surface area contributed by atoms with Crippen LogP contribution in [0.4, 0.5) is 0 Å². The van der Waals surface area contributed by atoms with E-state index in [0.29, 0.717) is 0 Å². The lowest BCUT2D eigenvalue weighted by molar-refractivity contribution is 0.260. The van der Waals surface area contributed by atoms with Crippen LogP contribution in [-0.4, -0.2) is 3.92 Å². The molecule has 0 amide bonds. The minimum absolute atomic E-state index is 0.882. The molecule has 0 nitrogen and oxygen atoms in total. The summed E-state index contributed by atoms with van der Waals surface area (Å²) in [6.07, 6.45) is 5.90. The van der Waals surface area contributed by atoms with E-state index in [4.69, 9.17) is 0 Å². The van der Waals surface area contributed by atoms with E-state index in [0.717, 1.165) is 15.8 Å². The predicted octanol–water partition coefficient (Wildman–Crippen LogP) is 3.64. The van der Waals surface area contributed by atoms with Crippen LogP contribution in [-0.2, 0) is 0 Å². The topological polar surface area (TPSA) is 0 Å². The Morgan fingerprint density at radius 1 is 1.30 bits per heavy atom. The van der Waals surface area contributed by atoms with Crippen molar-refractivity contribution in [2.45, 2.75) is 43.5 Å². The largest absolute Gasteiger partial charge is 0.0826 e. The van der Waals surface area contributed by atoms with Gasteiger partial charge in [-0.25, -0.2) is 0 Å². The van der Waals surface area contributed by atoms with Gasteiger partial charge >= 0.3 is 0 Å². The molecule has 1 unspecified atom stereocenters. The van der Waals surface area contributed by atoms with Crippen LogP contribution >= 0.6 is 22.6 Å². The van der Waals surface area contributed by atoms with Crippen LogP contribution in [0.25, 0.3) is 0 Å². The van der Waals surface area contributed by atoms with Crippen molar-refractivity contribution in [3.63, 3.8) is 0 Å². The van der Waals surface area contributed by atoms with E-state index in [-0.39, 0.29) is 0 Å². The molecule has 1 aliphatic rings. The Morgan fingerprint density at radius 3 is 2.30 bits per heavy atom. The first-order valence-corrected chi connectivity index (χ1v) is 5.60. The fourth-order valence-corrected chi connectivity index (χ4v) is 3.10. The van der Waals surface area contributed by atoms with E-state index in [1.165, 1.54) is 25.7 Å². The van der Waals surface area contributed by atoms with Crippen molar-refractivity contribution in [2.75, 3.05) is 0 Å². The summed E-state index contributed by atoms with van der Waals surface area (Å²) in [5.74, 6) is 2.00. The first-order chi connectivity index (χ1) is 4.72. The molecule has 0 saturated heterocycles. The maximum absolute atomic E-state index is 2.58. The molecule has 1 rings (SSSR count). The third kappa shape index (κ3) is 2.11. The van der Waals surface area contributed by atoms with Gasteiger partial charge in [0.15, 0.2) is 0 Å². The SMILES string of the molecule is CC(I)[C@H]1CCCC[C@@H]1C. The first-order valence-electron chi connectivity index (χ1n) is 4.36. The zero-order chi connectivity index (χ0) is 7.56. The second-order valence-electron chi connectivity index (χ2n) is 3.60. The van der Waals surface area contributed by atoms with E-state index in [2.05, 4.69) is 36.4 Å². The molecule has 3 atom stereocenters. The van der Waals surface area contributed by atoms with Crippen molar-refractivity contribution < 1.29 is 0 Å². The van der Waals surface area contributed by atoms with Gasteiger partial charge in [-0.2, -0.15) is 0 Å². The Hall–Kier alpha value is 0.730. The van der Waals surface area contributed by atoms with Crippen LogP contribution in [0.1, 0.15) is 39.5 Å². The smallest absolute Gasteiger partial charge is 0.0112 e. The number of alkyl halides is 1. The molecule has 0 aromatic rings. The third-order valence-electron chi connectivity index (χ3n) is 2.77. The van der Waals surface area contributed by atoms with Crippen molar-refractivity contribution in [3.05, 3.63) is 0 Å². The Balaban J connectivity index is 2.40. The molecule has 0 aliphatic heterocycles. The van der Waals surface area contributed by atoms with E-state index in [1.54, 1.807) is 0 Å². The van der Waals surface area contributed by atoms with E-state index in [9.17, 15) is 0 Å². The normalized spacial score (nSPS) is 37.5. The summed E-state index contributed by atoms with van der Waals surface area (Å²) < 4.78 is 0.882. The predicted molar refractivity (Wildman–Crippen MR) is 54.6 cm³/mol. The van der Waals surface area contributed by atoms with Gasteiger partial charge in [0.25, 0.3) is 0 Å². The highest BCUT2D eigenvalue weighted by atomic mass is 127. The van der Waals surface area contributed by atoms with Gasteiger partial charge in [-0.3, -0.25) is 0 Å². The minimum atomic E-state index is 0.882. The van der Waals surface area contributed by atoms with Gasteiger partial charge in [0, 0.05) is 3.92 Å². The molecule has 0 aromatic heterocycles. The molecule has 0 radical (unpaired) electrons. The van der Waals surface area contributed by atoms with Gasteiger partial charge in [0.2, 0.25) is 0 Å². The van der Waals surface area contributed by atoms with Crippen LogP contribution < -0.4 is 0 Å². The van der Waals surface area contributed by atoms with E-state index < -0.39 is 0 Å². The molecule has 0 bridgehead atoms. The second kappa shape index (κ2) is 3.93. The lowest BCUT2D eigenvalue weighted by Gasteiger charge is -2.30. The number of hydrogen-bond acceptors (Lipinski definition) is 0. The molecule has 0 N–H and O–H groups in total. The van der Waals surface area contributed by atoms with Gasteiger partial charge in [0.05, 0.1) is 0 Å². The molecule has 0 spiro atoms. The van der Waals surface area contributed by atoms with E-state index >= 15 is 0 Å². The summed E-state index contributed by atoms with van der Waals surface area (Å²) in [4.78, 5) is 0. The van der Waals surface area contributed by atoms with Crippen molar-refractivity contribution in [3.8, 4) is 0 Å². The Kier molecular flexibility index (Phi) is 3.47. The molecule has 1 saturated carbocycles. The average Bonchev–Trinajstić information content (AvgIpc) is 1.88. The fraction of sp³-hybridized carbons (Fsp3) is 1.00. The molecule has 1 heteroatoms. The van der Waals surface area contributed by atoms with Gasteiger partial charge in [-0.15, -0.1) is 0 Å². The lowest BCUT2D eigenvalue weighted by Crippen LogP contribution is -2.23. The maximum atomic E-state index is 2.58. The van der Waals surface area contributed by atoms with Crippen molar-refractivity contribution in [1.29, 1.82) is 0 Å². The van der Waals surface area contributed by atoms with Gasteiger partial charge in [-0.05, 0) is 18.3 Å². The molecule has 0 aromatic carbocycles. The highest BCUT2D eigenvalue weighted by Crippen LogP contribution is 2.34. The molecule has 0 heterocycles. The summed E-state index contributed by atoms with van der Waals surface area (Å²) in [5, 5.41) is 0. The van der Waals surface area contributed by atoms with Gasteiger partial charge < -0.3 is 0 Å². The van der Waals surface area contributed by atoms with Crippen LogP contribution in [0.5, 0.6) is 0 Å². The summed E-state index contributed by atoms with van der Waals surface area (Å²) in [6.45, 7) is 4.77. The molecule has 1 fully saturated rings. The van der Waals surface area contributed by atoms with Crippen LogP contribution in [0.15, 0.2) is 0 Å². The van der Waals surface area contributed by atoms with Crippen molar-refractivity contribution in [1.82, 2.24) is 0 Å². The summed E-state index contributed by atoms with van der Waals surface area (Å²) in [6, 6.07) is 0. The highest BCUT2D eigenvalue weighted by molar-refractivity contribution is 14.1. The summed E-state index contributed by atoms with van der Waals surface area (Å²) in [7, 11) is 0. The molecule has 10 heavy (non-hydrogen) atoms. The fourth-order valence-electron chi connectivity index (χ4n) is 2.03. The highest BCUT2D eigenvalue weighted by Gasteiger charge is 2.24. The van der Waals surface area contributed by atoms with Crippen LogP contribution in [0.3, 0.4) is 0 Å². The Bertz CT molecular complexity index is 98.9. The maximum Gasteiger partial charge on any atom is 0.0112 e. The van der Waals surface area contributed by atoms with Crippen molar-refractivity contribution in [2.24, 2.45) is 11.8 Å². The second-order valence-corrected chi connectivity index (χ2v) is 5.57. The standard InChI is InChI=1S/C9H17I/c1-7-5-3-4-6-9(7)8(2)10/h7-9H,3-6H2,1-2H3/t7-,8?,9-/m0/s1. The molecular weight excluding hydrogens is 235 g/mol. The van der Waals surface area contributed by atoms with Gasteiger partial charge in [-0.1, -0.05) is 55.7 Å².